The van der Waals surface area contributed by atoms with E-state index in [0.29, 0.717) is 17.7 Å². The van der Waals surface area contributed by atoms with Crippen LogP contribution in [0.25, 0.3) is 0 Å². The first-order valence-electron chi connectivity index (χ1n) is 9.44. The molecule has 0 spiro atoms. The highest BCUT2D eigenvalue weighted by Gasteiger charge is 2.20. The lowest BCUT2D eigenvalue weighted by Crippen LogP contribution is -2.54. The topological polar surface area (TPSA) is 106 Å². The molecule has 2 unspecified atom stereocenters. The summed E-state index contributed by atoms with van der Waals surface area (Å²) < 4.78 is 53.1. The monoisotopic (exact) mass is 439 g/mol. The van der Waals surface area contributed by atoms with Crippen LogP contribution in [0.4, 0.5) is 17.6 Å². The van der Waals surface area contributed by atoms with Crippen LogP contribution in [0, 0.1) is 23.3 Å². The van der Waals surface area contributed by atoms with E-state index in [0.717, 1.165) is 0 Å². The summed E-state index contributed by atoms with van der Waals surface area (Å²) in [4.78, 5) is 16.2. The fourth-order valence-electron chi connectivity index (χ4n) is 2.65. The van der Waals surface area contributed by atoms with Gasteiger partial charge in [0.25, 0.3) is 5.91 Å². The van der Waals surface area contributed by atoms with Gasteiger partial charge >= 0.3 is 0 Å². The smallest absolute Gasteiger partial charge is 0.280 e. The normalized spacial score (nSPS) is 14.2. The first kappa shape index (κ1) is 24.3. The molecule has 0 heterocycles. The summed E-state index contributed by atoms with van der Waals surface area (Å²) in [5.41, 5.74) is 11.8. The van der Waals surface area contributed by atoms with E-state index in [-0.39, 0.29) is 12.4 Å². The summed E-state index contributed by atoms with van der Waals surface area (Å²) in [5.74, 6) is -6.14. The number of amides is 1. The third-order valence-corrected chi connectivity index (χ3v) is 4.07. The molecule has 10 heteroatoms. The molecule has 2 atom stereocenters. The summed E-state index contributed by atoms with van der Waals surface area (Å²) in [6, 6.07) is 6.22. The highest BCUT2D eigenvalue weighted by Crippen LogP contribution is 2.16. The highest BCUT2D eigenvalue weighted by molar-refractivity contribution is 6.02. The number of carbonyl (C=O) groups is 1. The fraction of sp³-hybridized carbons (Fsp3) is 0.333. The Hall–Kier alpha value is -2.98. The van der Waals surface area contributed by atoms with Crippen molar-refractivity contribution in [1.82, 2.24) is 10.6 Å². The molecule has 168 valence electrons. The predicted octanol–water partition coefficient (Wildman–Crippen LogP) is 3.09. The Kier molecular flexibility index (Phi) is 7.75. The van der Waals surface area contributed by atoms with Gasteiger partial charge in [0.15, 0.2) is 17.5 Å². The number of aliphatic imine (C=N–C) groups is 1. The van der Waals surface area contributed by atoms with Gasteiger partial charge in [0, 0.05) is 17.1 Å². The van der Waals surface area contributed by atoms with Gasteiger partial charge in [0.2, 0.25) is 5.96 Å². The van der Waals surface area contributed by atoms with Crippen LogP contribution in [0.1, 0.15) is 49.2 Å². The first-order valence-corrected chi connectivity index (χ1v) is 9.44. The lowest BCUT2D eigenvalue weighted by molar-refractivity contribution is 0.100. The van der Waals surface area contributed by atoms with E-state index in [1.807, 2.05) is 0 Å². The largest absolute Gasteiger partial charge is 0.351 e. The predicted molar refractivity (Wildman–Crippen MR) is 110 cm³/mol. The third kappa shape index (κ3) is 7.34. The molecule has 2 aromatic carbocycles. The molecule has 6 N–H and O–H groups in total. The van der Waals surface area contributed by atoms with Gasteiger partial charge in [-0.25, -0.2) is 17.6 Å². The van der Waals surface area contributed by atoms with E-state index in [1.54, 1.807) is 20.8 Å². The number of rotatable bonds is 5. The molecule has 0 aliphatic rings. The minimum Gasteiger partial charge on any atom is -0.351 e. The summed E-state index contributed by atoms with van der Waals surface area (Å²) in [5, 5.41) is 5.74. The van der Waals surface area contributed by atoms with Crippen LogP contribution in [-0.2, 0) is 0 Å². The number of carbonyl (C=O) groups excluding carboxylic acids is 1. The van der Waals surface area contributed by atoms with Crippen molar-refractivity contribution in [2.75, 3.05) is 0 Å². The van der Waals surface area contributed by atoms with Gasteiger partial charge in [-0.2, -0.15) is 4.99 Å². The number of nitrogens with one attached hydrogen (secondary N) is 2. The van der Waals surface area contributed by atoms with Crippen molar-refractivity contribution >= 4 is 11.9 Å². The Bertz CT molecular complexity index is 934. The minimum absolute atomic E-state index is 0.0542. The van der Waals surface area contributed by atoms with E-state index >= 15 is 0 Å². The van der Waals surface area contributed by atoms with Crippen LogP contribution >= 0.6 is 0 Å². The second kappa shape index (κ2) is 9.88. The molecule has 0 aliphatic heterocycles. The number of nitrogens with two attached hydrogens (primary N) is 2. The van der Waals surface area contributed by atoms with Crippen LogP contribution in [0.5, 0.6) is 0 Å². The Morgan fingerprint density at radius 3 is 2.10 bits per heavy atom. The Morgan fingerprint density at radius 1 is 1.03 bits per heavy atom. The summed E-state index contributed by atoms with van der Waals surface area (Å²) >= 11 is 0. The second-order valence-corrected chi connectivity index (χ2v) is 8.04. The lowest BCUT2D eigenvalue weighted by Gasteiger charge is -2.27. The maximum Gasteiger partial charge on any atom is 0.280 e. The molecule has 1 amide bonds. The van der Waals surface area contributed by atoms with Crippen molar-refractivity contribution in [2.24, 2.45) is 16.5 Å². The quantitative estimate of drug-likeness (QED) is 0.188. The molecule has 0 saturated carbocycles. The molecule has 0 bridgehead atoms. The molecular formula is C21H25F4N5O. The summed E-state index contributed by atoms with van der Waals surface area (Å²) in [6.45, 7) is 5.38. The molecule has 31 heavy (non-hydrogen) atoms. The van der Waals surface area contributed by atoms with Gasteiger partial charge < -0.3 is 22.1 Å². The molecule has 0 fully saturated rings. The maximum absolute atomic E-state index is 13.4. The van der Waals surface area contributed by atoms with Gasteiger partial charge in [-0.3, -0.25) is 4.79 Å². The highest BCUT2D eigenvalue weighted by atomic mass is 19.2. The van der Waals surface area contributed by atoms with Crippen molar-refractivity contribution < 1.29 is 22.4 Å². The van der Waals surface area contributed by atoms with Gasteiger partial charge in [-0.1, -0.05) is 12.1 Å². The number of hydrogen-bond acceptors (Lipinski definition) is 3. The molecule has 2 aromatic rings. The van der Waals surface area contributed by atoms with Crippen molar-refractivity contribution in [2.45, 2.75) is 44.9 Å². The summed E-state index contributed by atoms with van der Waals surface area (Å²) in [7, 11) is 0. The van der Waals surface area contributed by atoms with E-state index in [2.05, 4.69) is 15.6 Å². The summed E-state index contributed by atoms with van der Waals surface area (Å²) in [6.07, 6.45) is -0.576. The minimum atomic E-state index is -1.68. The van der Waals surface area contributed by atoms with Crippen LogP contribution in [0.3, 0.4) is 0 Å². The van der Waals surface area contributed by atoms with E-state index in [9.17, 15) is 22.4 Å². The Morgan fingerprint density at radius 2 is 1.58 bits per heavy atom. The Balaban J connectivity index is 2.19. The zero-order valence-electron chi connectivity index (χ0n) is 17.3. The third-order valence-electron chi connectivity index (χ3n) is 4.07. The van der Waals surface area contributed by atoms with Crippen molar-refractivity contribution in [3.63, 3.8) is 0 Å². The van der Waals surface area contributed by atoms with Gasteiger partial charge in [-0.15, -0.1) is 0 Å². The number of benzene rings is 2. The van der Waals surface area contributed by atoms with Crippen LogP contribution in [0.2, 0.25) is 0 Å². The van der Waals surface area contributed by atoms with Crippen molar-refractivity contribution in [3.05, 3.63) is 70.8 Å². The molecule has 2 rings (SSSR count). The van der Waals surface area contributed by atoms with Crippen LogP contribution in [-0.4, -0.2) is 23.6 Å². The average molecular weight is 439 g/mol. The second-order valence-electron chi connectivity index (χ2n) is 8.04. The van der Waals surface area contributed by atoms with Gasteiger partial charge in [0.05, 0.1) is 6.17 Å². The number of nitrogens with zero attached hydrogens (tertiary/aromatic N) is 1. The van der Waals surface area contributed by atoms with Crippen molar-refractivity contribution in [1.29, 1.82) is 0 Å². The van der Waals surface area contributed by atoms with E-state index in [1.165, 1.54) is 24.3 Å². The number of guanidine groups is 1. The van der Waals surface area contributed by atoms with E-state index < -0.39 is 52.5 Å². The Labute approximate surface area is 177 Å². The lowest BCUT2D eigenvalue weighted by atomic mass is 10.0. The average Bonchev–Trinajstić information content (AvgIpc) is 2.64. The van der Waals surface area contributed by atoms with Gasteiger partial charge in [-0.05, 0) is 57.0 Å². The number of halogens is 4. The molecule has 0 aromatic heterocycles. The molecular weight excluding hydrogens is 414 g/mol. The first-order chi connectivity index (χ1) is 14.4. The van der Waals surface area contributed by atoms with Crippen LogP contribution < -0.4 is 22.1 Å². The SMILES string of the molecule is CC(C)(C)N/C(=N/C(=O)c1cc(F)c(F)c(F)c1)NC(N)CC(N)c1ccc(F)cc1. The molecule has 0 radical (unpaired) electrons. The van der Waals surface area contributed by atoms with Crippen LogP contribution in [0.15, 0.2) is 41.4 Å². The fourth-order valence-corrected chi connectivity index (χ4v) is 2.65. The maximum atomic E-state index is 13.4. The molecule has 0 saturated heterocycles. The molecule has 6 nitrogen and oxygen atoms in total. The van der Waals surface area contributed by atoms with Gasteiger partial charge in [0.1, 0.15) is 5.82 Å². The standard InChI is InChI=1S/C21H25F4N5O/c1-21(2,3)30-20(29-19(31)12-8-14(23)18(25)15(24)9-12)28-17(27)10-16(26)11-4-6-13(22)7-5-11/h4-9,16-17H,10,26-27H2,1-3H3,(H2,28,29,30,31). The van der Waals surface area contributed by atoms with Crippen molar-refractivity contribution in [3.8, 4) is 0 Å². The zero-order chi connectivity index (χ0) is 23.3. The zero-order valence-corrected chi connectivity index (χ0v) is 17.3. The van der Waals surface area contributed by atoms with E-state index in [4.69, 9.17) is 11.5 Å². The molecule has 0 aliphatic carbocycles. The number of hydrogen-bond donors (Lipinski definition) is 4.